The quantitative estimate of drug-likeness (QED) is 0.0305. The van der Waals surface area contributed by atoms with Crippen LogP contribution in [-0.4, -0.2) is 60.5 Å². The number of carbonyl (C=O) groups is 2. The molecule has 0 spiro atoms. The van der Waals surface area contributed by atoms with Gasteiger partial charge in [-0.1, -0.05) is 284 Å². The molecule has 394 valence electrons. The van der Waals surface area contributed by atoms with E-state index in [2.05, 4.69) is 13.8 Å². The van der Waals surface area contributed by atoms with Crippen LogP contribution in [0, 0.1) is 0 Å². The monoisotopic (exact) mass is 960 g/mol. The highest BCUT2D eigenvalue weighted by atomic mass is 31.2. The van der Waals surface area contributed by atoms with Crippen LogP contribution in [0.2, 0.25) is 0 Å². The van der Waals surface area contributed by atoms with Crippen molar-refractivity contribution in [2.45, 2.75) is 315 Å². The van der Waals surface area contributed by atoms with Gasteiger partial charge in [-0.25, -0.2) is 4.57 Å². The van der Waals surface area contributed by atoms with E-state index in [-0.39, 0.29) is 13.0 Å². The number of phosphoric acid groups is 1. The van der Waals surface area contributed by atoms with Gasteiger partial charge in [-0.2, -0.15) is 0 Å². The molecule has 1 unspecified atom stereocenters. The van der Waals surface area contributed by atoms with Crippen LogP contribution < -0.4 is 5.73 Å². The molecule has 0 bridgehead atoms. The van der Waals surface area contributed by atoms with E-state index in [4.69, 9.17) is 29.4 Å². The number of carbonyl (C=O) groups excluding carboxylic acids is 1. The number of ether oxygens (including phenoxy) is 2. The molecule has 0 fully saturated rings. The summed E-state index contributed by atoms with van der Waals surface area (Å²) in [6.07, 6.45) is 57.7. The van der Waals surface area contributed by atoms with Crippen LogP contribution in [0.15, 0.2) is 0 Å². The molecule has 3 atom stereocenters. The van der Waals surface area contributed by atoms with Gasteiger partial charge in [0, 0.05) is 13.0 Å². The molecule has 0 aliphatic rings. The molecule has 0 aromatic rings. The predicted octanol–water partition coefficient (Wildman–Crippen LogP) is 17.1. The van der Waals surface area contributed by atoms with E-state index in [0.717, 1.165) is 38.5 Å². The number of esters is 1. The molecular formula is C55H110NO9P. The zero-order chi connectivity index (χ0) is 48.3. The van der Waals surface area contributed by atoms with E-state index >= 15 is 0 Å². The van der Waals surface area contributed by atoms with E-state index in [1.165, 1.54) is 244 Å². The van der Waals surface area contributed by atoms with Gasteiger partial charge in [-0.05, 0) is 12.8 Å². The maximum atomic E-state index is 12.7. The summed E-state index contributed by atoms with van der Waals surface area (Å²) in [5.41, 5.74) is 5.37. The van der Waals surface area contributed by atoms with Crippen LogP contribution in [0.3, 0.4) is 0 Å². The molecule has 0 saturated carbocycles. The van der Waals surface area contributed by atoms with Crippen LogP contribution in [0.5, 0.6) is 0 Å². The standard InChI is InChI=1S/C55H110NO9P/c1-3-5-7-9-11-13-15-17-18-19-20-21-22-23-24-25-26-27-28-29-30-31-32-33-34-35-36-37-39-41-43-45-47-54(57)65-52(50-63-66(60,61)64-51-53(56)55(58)59)49-62-48-46-44-42-40-38-16-14-12-10-8-6-4-2/h52-53H,3-51,56H2,1-2H3,(H,58,59)(H,60,61)/t52-,53+/m1/s1. The zero-order valence-corrected chi connectivity index (χ0v) is 44.5. The van der Waals surface area contributed by atoms with Gasteiger partial charge in [-0.3, -0.25) is 18.6 Å². The molecule has 0 aliphatic heterocycles. The molecule has 0 saturated heterocycles. The molecule has 66 heavy (non-hydrogen) atoms. The van der Waals surface area contributed by atoms with Crippen molar-refractivity contribution in [1.82, 2.24) is 0 Å². The van der Waals surface area contributed by atoms with Crippen molar-refractivity contribution in [1.29, 1.82) is 0 Å². The first-order chi connectivity index (χ1) is 32.2. The number of rotatable bonds is 56. The molecule has 0 rings (SSSR count). The van der Waals surface area contributed by atoms with Gasteiger partial charge in [0.05, 0.1) is 19.8 Å². The summed E-state index contributed by atoms with van der Waals surface area (Å²) in [6, 6.07) is -1.47. The molecular weight excluding hydrogens is 850 g/mol. The van der Waals surface area contributed by atoms with E-state index < -0.39 is 45.1 Å². The Morgan fingerprint density at radius 3 is 1.00 bits per heavy atom. The number of unbranched alkanes of at least 4 members (excludes halogenated alkanes) is 42. The lowest BCUT2D eigenvalue weighted by Crippen LogP contribution is -2.34. The van der Waals surface area contributed by atoms with Gasteiger partial charge < -0.3 is 25.2 Å². The van der Waals surface area contributed by atoms with Crippen molar-refractivity contribution in [3.8, 4) is 0 Å². The fourth-order valence-electron chi connectivity index (χ4n) is 8.73. The molecule has 0 aromatic heterocycles. The van der Waals surface area contributed by atoms with Crippen molar-refractivity contribution in [3.63, 3.8) is 0 Å². The number of hydrogen-bond donors (Lipinski definition) is 3. The van der Waals surface area contributed by atoms with E-state index in [1.807, 2.05) is 0 Å². The van der Waals surface area contributed by atoms with Crippen molar-refractivity contribution in [3.05, 3.63) is 0 Å². The molecule has 0 aromatic carbocycles. The maximum absolute atomic E-state index is 12.7. The minimum atomic E-state index is -4.61. The SMILES string of the molecule is CCCCCCCCCCCCCCCCCCCCCCCCCCCCCCCCCCC(=O)O[C@H](COCCCCCCCCCCCCCC)COP(=O)(O)OC[C@H](N)C(=O)O. The van der Waals surface area contributed by atoms with Gasteiger partial charge in [-0.15, -0.1) is 0 Å². The molecule has 11 heteroatoms. The van der Waals surface area contributed by atoms with E-state index in [0.29, 0.717) is 6.61 Å². The number of nitrogens with two attached hydrogens (primary N) is 1. The Balaban J connectivity index is 3.84. The lowest BCUT2D eigenvalue weighted by molar-refractivity contribution is -0.154. The van der Waals surface area contributed by atoms with Crippen molar-refractivity contribution in [2.75, 3.05) is 26.4 Å². The number of carboxylic acid groups (broad SMARTS) is 1. The lowest BCUT2D eigenvalue weighted by atomic mass is 10.0. The Hall–Kier alpha value is -1.03. The summed E-state index contributed by atoms with van der Waals surface area (Å²) in [5.74, 6) is -1.76. The smallest absolute Gasteiger partial charge is 0.472 e. The van der Waals surface area contributed by atoms with E-state index in [1.54, 1.807) is 0 Å². The van der Waals surface area contributed by atoms with E-state index in [9.17, 15) is 19.0 Å². The fourth-order valence-corrected chi connectivity index (χ4v) is 9.51. The largest absolute Gasteiger partial charge is 0.480 e. The normalized spacial score (nSPS) is 13.5. The van der Waals surface area contributed by atoms with Crippen LogP contribution in [0.1, 0.15) is 303 Å². The predicted molar refractivity (Wildman–Crippen MR) is 277 cm³/mol. The number of phosphoric ester groups is 1. The third-order valence-corrected chi connectivity index (χ3v) is 14.1. The molecule has 0 radical (unpaired) electrons. The maximum Gasteiger partial charge on any atom is 0.472 e. The van der Waals surface area contributed by atoms with Crippen molar-refractivity contribution >= 4 is 19.8 Å². The first-order valence-corrected chi connectivity index (χ1v) is 30.1. The first kappa shape index (κ1) is 65.0. The number of aliphatic carboxylic acids is 1. The highest BCUT2D eigenvalue weighted by molar-refractivity contribution is 7.47. The molecule has 4 N–H and O–H groups in total. The zero-order valence-electron chi connectivity index (χ0n) is 43.6. The van der Waals surface area contributed by atoms with Crippen LogP contribution in [0.4, 0.5) is 0 Å². The van der Waals surface area contributed by atoms with Gasteiger partial charge in [0.1, 0.15) is 12.1 Å². The summed E-state index contributed by atoms with van der Waals surface area (Å²) >= 11 is 0. The average Bonchev–Trinajstić information content (AvgIpc) is 3.30. The van der Waals surface area contributed by atoms with Gasteiger partial charge in [0.2, 0.25) is 0 Å². The minimum absolute atomic E-state index is 0.0259. The Bertz CT molecular complexity index is 1070. The van der Waals surface area contributed by atoms with Crippen molar-refractivity contribution < 1.29 is 42.7 Å². The Morgan fingerprint density at radius 1 is 0.424 bits per heavy atom. The highest BCUT2D eigenvalue weighted by Crippen LogP contribution is 2.43. The van der Waals surface area contributed by atoms with Crippen LogP contribution >= 0.6 is 7.82 Å². The van der Waals surface area contributed by atoms with Crippen LogP contribution in [-0.2, 0) is 32.7 Å². The molecule has 0 heterocycles. The van der Waals surface area contributed by atoms with Gasteiger partial charge in [0.25, 0.3) is 0 Å². The second-order valence-electron chi connectivity index (χ2n) is 19.8. The summed E-state index contributed by atoms with van der Waals surface area (Å²) in [5, 5.41) is 8.93. The average molecular weight is 960 g/mol. The third kappa shape index (κ3) is 50.8. The summed E-state index contributed by atoms with van der Waals surface area (Å²) in [6.45, 7) is 3.95. The second kappa shape index (κ2) is 51.8. The first-order valence-electron chi connectivity index (χ1n) is 28.6. The second-order valence-corrected chi connectivity index (χ2v) is 21.2. The Kier molecular flexibility index (Phi) is 51.0. The highest BCUT2D eigenvalue weighted by Gasteiger charge is 2.27. The summed E-state index contributed by atoms with van der Waals surface area (Å²) < 4.78 is 33.5. The van der Waals surface area contributed by atoms with Crippen molar-refractivity contribution in [2.24, 2.45) is 5.73 Å². The topological polar surface area (TPSA) is 155 Å². The molecule has 0 amide bonds. The Morgan fingerprint density at radius 2 is 0.697 bits per heavy atom. The number of carboxylic acids is 1. The Labute approximate surface area is 408 Å². The fraction of sp³-hybridized carbons (Fsp3) is 0.964. The lowest BCUT2D eigenvalue weighted by Gasteiger charge is -2.20. The molecule has 10 nitrogen and oxygen atoms in total. The minimum Gasteiger partial charge on any atom is -0.480 e. The third-order valence-electron chi connectivity index (χ3n) is 13.1. The van der Waals surface area contributed by atoms with Gasteiger partial charge in [0.15, 0.2) is 0 Å². The summed E-state index contributed by atoms with van der Waals surface area (Å²) in [7, 11) is -4.61. The van der Waals surface area contributed by atoms with Crippen LogP contribution in [0.25, 0.3) is 0 Å². The number of hydrogen-bond acceptors (Lipinski definition) is 8. The van der Waals surface area contributed by atoms with Gasteiger partial charge >= 0.3 is 19.8 Å². The molecule has 0 aliphatic carbocycles. The summed E-state index contributed by atoms with van der Waals surface area (Å²) in [4.78, 5) is 33.7.